The number of primary amides is 1. The van der Waals surface area contributed by atoms with Crippen LogP contribution < -0.4 is 21.7 Å². The van der Waals surface area contributed by atoms with Crippen LogP contribution in [0.3, 0.4) is 0 Å². The van der Waals surface area contributed by atoms with Gasteiger partial charge < -0.3 is 26.4 Å². The number of benzene rings is 1. The summed E-state index contributed by atoms with van der Waals surface area (Å²) in [5.41, 5.74) is 7.22. The van der Waals surface area contributed by atoms with E-state index in [1.54, 1.807) is 12.1 Å². The monoisotopic (exact) mass is 439 g/mol. The Bertz CT molecular complexity index is 970. The molecule has 0 saturated heterocycles. The first kappa shape index (κ1) is 23.4. The van der Waals surface area contributed by atoms with Crippen molar-refractivity contribution in [2.75, 3.05) is 10.6 Å². The first-order valence-electron chi connectivity index (χ1n) is 11.0. The van der Waals surface area contributed by atoms with Crippen LogP contribution in [-0.2, 0) is 4.74 Å². The van der Waals surface area contributed by atoms with Gasteiger partial charge in [0.2, 0.25) is 0 Å². The third kappa shape index (κ3) is 6.60. The van der Waals surface area contributed by atoms with Crippen LogP contribution in [0, 0.1) is 6.92 Å². The van der Waals surface area contributed by atoms with Crippen LogP contribution in [-0.4, -0.2) is 34.7 Å². The molecule has 3 rings (SSSR count). The zero-order valence-corrected chi connectivity index (χ0v) is 19.2. The second kappa shape index (κ2) is 9.89. The highest BCUT2D eigenvalue weighted by Gasteiger charge is 2.29. The number of carbonyl (C=O) groups excluding carboxylic acids is 2. The lowest BCUT2D eigenvalue weighted by Gasteiger charge is -2.33. The highest BCUT2D eigenvalue weighted by molar-refractivity contribution is 5.98. The molecule has 1 aliphatic rings. The number of amides is 2. The van der Waals surface area contributed by atoms with Gasteiger partial charge in [-0.1, -0.05) is 25.0 Å². The lowest BCUT2D eigenvalue weighted by molar-refractivity contribution is 0.0488. The minimum Gasteiger partial charge on any atom is -0.444 e. The average molecular weight is 440 g/mol. The van der Waals surface area contributed by atoms with Crippen molar-refractivity contribution in [2.45, 2.75) is 71.1 Å². The van der Waals surface area contributed by atoms with Gasteiger partial charge in [-0.2, -0.15) is 0 Å². The lowest BCUT2D eigenvalue weighted by atomic mass is 9.90. The molecule has 1 heterocycles. The highest BCUT2D eigenvalue weighted by Crippen LogP contribution is 2.25. The summed E-state index contributed by atoms with van der Waals surface area (Å²) in [6.07, 6.45) is 3.41. The Morgan fingerprint density at radius 3 is 2.47 bits per heavy atom. The molecule has 0 radical (unpaired) electrons. The number of nitrogens with two attached hydrogens (primary N) is 1. The number of pyridine rings is 1. The van der Waals surface area contributed by atoms with E-state index in [4.69, 9.17) is 10.5 Å². The largest absolute Gasteiger partial charge is 0.444 e. The van der Waals surface area contributed by atoms with Gasteiger partial charge in [-0.15, -0.1) is 0 Å². The molecule has 0 aliphatic heterocycles. The van der Waals surface area contributed by atoms with E-state index in [1.165, 1.54) is 0 Å². The van der Waals surface area contributed by atoms with Gasteiger partial charge in [-0.05, 0) is 70.4 Å². The molecule has 0 unspecified atom stereocenters. The van der Waals surface area contributed by atoms with Crippen molar-refractivity contribution in [2.24, 2.45) is 5.73 Å². The fourth-order valence-corrected chi connectivity index (χ4v) is 3.82. The summed E-state index contributed by atoms with van der Waals surface area (Å²) >= 11 is 0. The molecule has 2 atom stereocenters. The number of nitrogens with zero attached hydrogens (tertiary/aromatic N) is 1. The van der Waals surface area contributed by atoms with E-state index in [9.17, 15) is 9.59 Å². The molecule has 1 aromatic heterocycles. The maximum absolute atomic E-state index is 12.3. The van der Waals surface area contributed by atoms with E-state index in [1.807, 2.05) is 52.0 Å². The first-order chi connectivity index (χ1) is 15.1. The molecule has 1 saturated carbocycles. The number of aryl methyl sites for hydroxylation is 1. The number of aromatic nitrogens is 1. The van der Waals surface area contributed by atoms with Crippen LogP contribution in [0.2, 0.25) is 0 Å². The third-order valence-corrected chi connectivity index (χ3v) is 5.24. The fraction of sp³-hybridized carbons (Fsp3) is 0.458. The zero-order chi connectivity index (χ0) is 23.3. The molecule has 0 bridgehead atoms. The Balaban J connectivity index is 1.77. The number of alkyl carbamates (subject to hydrolysis) is 1. The van der Waals surface area contributed by atoms with Crippen LogP contribution in [0.4, 0.5) is 22.1 Å². The maximum atomic E-state index is 12.3. The van der Waals surface area contributed by atoms with E-state index in [0.717, 1.165) is 36.9 Å². The maximum Gasteiger partial charge on any atom is 0.407 e. The number of anilines is 3. The minimum atomic E-state index is -0.554. The molecule has 5 N–H and O–H groups in total. The molecule has 1 aromatic carbocycles. The van der Waals surface area contributed by atoms with Crippen molar-refractivity contribution in [3.63, 3.8) is 0 Å². The van der Waals surface area contributed by atoms with Crippen molar-refractivity contribution in [1.29, 1.82) is 0 Å². The van der Waals surface area contributed by atoms with Crippen LogP contribution in [0.5, 0.6) is 0 Å². The molecule has 0 spiro atoms. The molecule has 172 valence electrons. The normalized spacial score (nSPS) is 18.5. The van der Waals surface area contributed by atoms with Crippen molar-refractivity contribution in [1.82, 2.24) is 10.3 Å². The molecular formula is C24H33N5O3. The Morgan fingerprint density at radius 2 is 1.81 bits per heavy atom. The smallest absolute Gasteiger partial charge is 0.407 e. The molecule has 1 aliphatic carbocycles. The summed E-state index contributed by atoms with van der Waals surface area (Å²) in [5.74, 6) is 0.440. The van der Waals surface area contributed by atoms with E-state index in [0.29, 0.717) is 17.2 Å². The van der Waals surface area contributed by atoms with Gasteiger partial charge in [0.25, 0.3) is 5.91 Å². The summed E-state index contributed by atoms with van der Waals surface area (Å²) in [6, 6.07) is 11.1. The van der Waals surface area contributed by atoms with Crippen molar-refractivity contribution in [3.05, 3.63) is 47.5 Å². The van der Waals surface area contributed by atoms with E-state index < -0.39 is 17.6 Å². The lowest BCUT2D eigenvalue weighted by Crippen LogP contribution is -2.49. The molecule has 32 heavy (non-hydrogen) atoms. The molecule has 8 heteroatoms. The SMILES string of the molecule is Cc1cccc(Nc2nc(N[C@@H]3CCCC[C@@H]3NC(=O)OC(C)(C)C)ccc2C(N)=O)c1. The Hall–Kier alpha value is -3.29. The Morgan fingerprint density at radius 1 is 1.09 bits per heavy atom. The van der Waals surface area contributed by atoms with Crippen molar-refractivity contribution in [3.8, 4) is 0 Å². The van der Waals surface area contributed by atoms with Gasteiger partial charge in [-0.3, -0.25) is 4.79 Å². The molecule has 1 fully saturated rings. The molecule has 2 aromatic rings. The first-order valence-corrected chi connectivity index (χ1v) is 11.0. The summed E-state index contributed by atoms with van der Waals surface area (Å²) in [5, 5.41) is 9.62. The quantitative estimate of drug-likeness (QED) is 0.527. The van der Waals surface area contributed by atoms with Gasteiger partial charge in [0.05, 0.1) is 11.6 Å². The number of ether oxygens (including phenoxy) is 1. The number of nitrogens with one attached hydrogen (secondary N) is 3. The molecule has 8 nitrogen and oxygen atoms in total. The number of hydrogen-bond donors (Lipinski definition) is 4. The third-order valence-electron chi connectivity index (χ3n) is 5.24. The Kier molecular flexibility index (Phi) is 7.22. The predicted molar refractivity (Wildman–Crippen MR) is 126 cm³/mol. The molecule has 2 amide bonds. The number of carbonyl (C=O) groups is 2. The second-order valence-electron chi connectivity index (χ2n) is 9.24. The van der Waals surface area contributed by atoms with Gasteiger partial charge >= 0.3 is 6.09 Å². The van der Waals surface area contributed by atoms with Gasteiger partial charge in [-0.25, -0.2) is 9.78 Å². The summed E-state index contributed by atoms with van der Waals surface area (Å²) < 4.78 is 5.42. The van der Waals surface area contributed by atoms with E-state index in [-0.39, 0.29) is 12.1 Å². The minimum absolute atomic E-state index is 0.00461. The van der Waals surface area contributed by atoms with Gasteiger partial charge in [0.15, 0.2) is 0 Å². The van der Waals surface area contributed by atoms with Crippen LogP contribution in [0.25, 0.3) is 0 Å². The van der Waals surface area contributed by atoms with Crippen LogP contribution in [0.15, 0.2) is 36.4 Å². The average Bonchev–Trinajstić information content (AvgIpc) is 2.68. The van der Waals surface area contributed by atoms with Crippen molar-refractivity contribution < 1.29 is 14.3 Å². The van der Waals surface area contributed by atoms with Crippen LogP contribution >= 0.6 is 0 Å². The Labute approximate surface area is 189 Å². The van der Waals surface area contributed by atoms with Gasteiger partial charge in [0, 0.05) is 11.7 Å². The topological polar surface area (TPSA) is 118 Å². The van der Waals surface area contributed by atoms with Crippen molar-refractivity contribution >= 4 is 29.3 Å². The number of rotatable bonds is 6. The van der Waals surface area contributed by atoms with Crippen LogP contribution in [0.1, 0.15) is 62.4 Å². The second-order valence-corrected chi connectivity index (χ2v) is 9.24. The standard InChI is InChI=1S/C24H33N5O3/c1-15-8-7-9-16(14-15)26-22-17(21(25)30)12-13-20(29-22)27-18-10-5-6-11-19(18)28-23(31)32-24(2,3)4/h7-9,12-14,18-19H,5-6,10-11H2,1-4H3,(H2,25,30)(H,28,31)(H2,26,27,29)/t18-,19+/m1/s1. The number of hydrogen-bond acceptors (Lipinski definition) is 6. The highest BCUT2D eigenvalue weighted by atomic mass is 16.6. The van der Waals surface area contributed by atoms with E-state index >= 15 is 0 Å². The fourth-order valence-electron chi connectivity index (χ4n) is 3.82. The summed E-state index contributed by atoms with van der Waals surface area (Å²) in [4.78, 5) is 28.8. The zero-order valence-electron chi connectivity index (χ0n) is 19.2. The predicted octanol–water partition coefficient (Wildman–Crippen LogP) is 4.48. The van der Waals surface area contributed by atoms with E-state index in [2.05, 4.69) is 20.9 Å². The summed E-state index contributed by atoms with van der Waals surface area (Å²) in [7, 11) is 0. The summed E-state index contributed by atoms with van der Waals surface area (Å²) in [6.45, 7) is 7.52. The molecular weight excluding hydrogens is 406 g/mol. The van der Waals surface area contributed by atoms with Gasteiger partial charge in [0.1, 0.15) is 17.2 Å².